The average molecular weight is 208 g/mol. The predicted molar refractivity (Wildman–Crippen MR) is 61.9 cm³/mol. The molecule has 0 radical (unpaired) electrons. The van der Waals surface area contributed by atoms with Crippen LogP contribution in [0.1, 0.15) is 25.7 Å². The summed E-state index contributed by atoms with van der Waals surface area (Å²) >= 11 is 0. The van der Waals surface area contributed by atoms with Crippen molar-refractivity contribution in [3.63, 3.8) is 0 Å². The summed E-state index contributed by atoms with van der Waals surface area (Å²) in [5.41, 5.74) is 0. The van der Waals surface area contributed by atoms with E-state index < -0.39 is 8.07 Å². The predicted octanol–water partition coefficient (Wildman–Crippen LogP) is 3.18. The quantitative estimate of drug-likeness (QED) is 0.605. The summed E-state index contributed by atoms with van der Waals surface area (Å²) in [5.74, 6) is 1.50. The van der Waals surface area contributed by atoms with Crippen LogP contribution in [0.15, 0.2) is 11.3 Å². The molecule has 1 fully saturated rings. The SMILES string of the molecule is C[Si](C)(C)C1=C[C@@H]2CCCC[C@H]2C1=O. The molecule has 0 heterocycles. The van der Waals surface area contributed by atoms with E-state index in [1.165, 1.54) is 24.5 Å². The van der Waals surface area contributed by atoms with Crippen LogP contribution >= 0.6 is 0 Å². The van der Waals surface area contributed by atoms with Crippen molar-refractivity contribution in [1.29, 1.82) is 0 Å². The van der Waals surface area contributed by atoms with E-state index in [0.29, 0.717) is 17.6 Å². The molecule has 0 saturated heterocycles. The molecule has 2 heteroatoms. The number of Topliss-reactive ketones (excluding diaryl/α,β-unsaturated/α-hetero) is 1. The number of ketones is 1. The highest BCUT2D eigenvalue weighted by Gasteiger charge is 2.41. The normalized spacial score (nSPS) is 32.8. The molecule has 2 atom stereocenters. The molecular formula is C12H20OSi. The smallest absolute Gasteiger partial charge is 0.158 e. The van der Waals surface area contributed by atoms with E-state index >= 15 is 0 Å². The zero-order valence-corrected chi connectivity index (χ0v) is 10.5. The molecule has 0 aromatic carbocycles. The lowest BCUT2D eigenvalue weighted by atomic mass is 9.81. The van der Waals surface area contributed by atoms with Crippen molar-refractivity contribution in [3.05, 3.63) is 11.3 Å². The first-order valence-electron chi connectivity index (χ1n) is 5.76. The van der Waals surface area contributed by atoms with Gasteiger partial charge in [-0.05, 0) is 24.0 Å². The van der Waals surface area contributed by atoms with Crippen molar-refractivity contribution in [2.45, 2.75) is 45.3 Å². The summed E-state index contributed by atoms with van der Waals surface area (Å²) in [7, 11) is -1.36. The van der Waals surface area contributed by atoms with Crippen LogP contribution in [0, 0.1) is 11.8 Å². The summed E-state index contributed by atoms with van der Waals surface area (Å²) in [4.78, 5) is 12.2. The van der Waals surface area contributed by atoms with E-state index in [0.717, 1.165) is 6.42 Å². The third kappa shape index (κ3) is 1.60. The lowest BCUT2D eigenvalue weighted by molar-refractivity contribution is -0.119. The molecule has 0 bridgehead atoms. The maximum Gasteiger partial charge on any atom is 0.158 e. The van der Waals surface area contributed by atoms with Crippen molar-refractivity contribution in [3.8, 4) is 0 Å². The monoisotopic (exact) mass is 208 g/mol. The highest BCUT2D eigenvalue weighted by molar-refractivity contribution is 6.87. The second-order valence-corrected chi connectivity index (χ2v) is 10.8. The highest BCUT2D eigenvalue weighted by atomic mass is 28.3. The molecule has 2 aliphatic rings. The molecule has 1 nitrogen and oxygen atoms in total. The van der Waals surface area contributed by atoms with Gasteiger partial charge in [0.15, 0.2) is 5.78 Å². The lowest BCUT2D eigenvalue weighted by Crippen LogP contribution is -2.30. The highest BCUT2D eigenvalue weighted by Crippen LogP contribution is 2.41. The van der Waals surface area contributed by atoms with Crippen LogP contribution in [0.4, 0.5) is 0 Å². The van der Waals surface area contributed by atoms with Crippen LogP contribution in [0.25, 0.3) is 0 Å². The van der Waals surface area contributed by atoms with E-state index in [1.807, 2.05) is 0 Å². The Morgan fingerprint density at radius 3 is 2.43 bits per heavy atom. The van der Waals surface area contributed by atoms with Gasteiger partial charge in [-0.3, -0.25) is 4.79 Å². The summed E-state index contributed by atoms with van der Waals surface area (Å²) in [6.45, 7) is 6.86. The van der Waals surface area contributed by atoms with Crippen molar-refractivity contribution in [1.82, 2.24) is 0 Å². The maximum atomic E-state index is 12.2. The minimum Gasteiger partial charge on any atom is -0.295 e. The molecule has 1 saturated carbocycles. The number of hydrogen-bond donors (Lipinski definition) is 0. The van der Waals surface area contributed by atoms with Gasteiger partial charge in [0.1, 0.15) is 0 Å². The Balaban J connectivity index is 2.25. The van der Waals surface area contributed by atoms with Crippen LogP contribution in [0.2, 0.25) is 19.6 Å². The summed E-state index contributed by atoms with van der Waals surface area (Å²) < 4.78 is 0. The first kappa shape index (κ1) is 10.2. The molecule has 78 valence electrons. The van der Waals surface area contributed by atoms with Crippen molar-refractivity contribution >= 4 is 13.9 Å². The molecular weight excluding hydrogens is 188 g/mol. The number of hydrogen-bond acceptors (Lipinski definition) is 1. The molecule has 2 aliphatic carbocycles. The van der Waals surface area contributed by atoms with Crippen LogP contribution in [0.5, 0.6) is 0 Å². The van der Waals surface area contributed by atoms with Gasteiger partial charge in [0.05, 0.1) is 8.07 Å². The largest absolute Gasteiger partial charge is 0.295 e. The summed E-state index contributed by atoms with van der Waals surface area (Å²) in [6, 6.07) is 0. The Labute approximate surface area is 87.6 Å². The van der Waals surface area contributed by atoms with Gasteiger partial charge in [0.2, 0.25) is 0 Å². The number of carbonyl (C=O) groups excluding carboxylic acids is 1. The Bertz CT molecular complexity index is 285. The fourth-order valence-electron chi connectivity index (χ4n) is 2.80. The average Bonchev–Trinajstić information content (AvgIpc) is 2.44. The van der Waals surface area contributed by atoms with Gasteiger partial charge >= 0.3 is 0 Å². The van der Waals surface area contributed by atoms with Crippen LogP contribution in [0.3, 0.4) is 0 Å². The van der Waals surface area contributed by atoms with E-state index in [4.69, 9.17) is 0 Å². The first-order valence-corrected chi connectivity index (χ1v) is 9.26. The molecule has 0 unspecified atom stereocenters. The van der Waals surface area contributed by atoms with E-state index in [9.17, 15) is 4.79 Å². The molecule has 14 heavy (non-hydrogen) atoms. The Hall–Kier alpha value is -0.373. The van der Waals surface area contributed by atoms with Crippen molar-refractivity contribution in [2.24, 2.45) is 11.8 Å². The molecule has 0 N–H and O–H groups in total. The second kappa shape index (κ2) is 3.33. The minimum atomic E-state index is -1.36. The molecule has 0 amide bonds. The van der Waals surface area contributed by atoms with Gasteiger partial charge in [-0.25, -0.2) is 0 Å². The van der Waals surface area contributed by atoms with Crippen molar-refractivity contribution < 1.29 is 4.79 Å². The van der Waals surface area contributed by atoms with E-state index in [2.05, 4.69) is 25.7 Å². The lowest BCUT2D eigenvalue weighted by Gasteiger charge is -2.23. The first-order chi connectivity index (χ1) is 6.50. The van der Waals surface area contributed by atoms with Crippen LogP contribution in [-0.2, 0) is 4.79 Å². The maximum absolute atomic E-state index is 12.2. The molecule has 0 aliphatic heterocycles. The third-order valence-electron chi connectivity index (χ3n) is 3.61. The number of rotatable bonds is 1. The van der Waals surface area contributed by atoms with Gasteiger partial charge in [-0.1, -0.05) is 38.6 Å². The fourth-order valence-corrected chi connectivity index (χ4v) is 4.44. The Morgan fingerprint density at radius 2 is 1.86 bits per heavy atom. The van der Waals surface area contributed by atoms with Gasteiger partial charge < -0.3 is 0 Å². The topological polar surface area (TPSA) is 17.1 Å². The fraction of sp³-hybridized carbons (Fsp3) is 0.750. The second-order valence-electron chi connectivity index (χ2n) is 5.75. The Kier molecular flexibility index (Phi) is 2.42. The van der Waals surface area contributed by atoms with Crippen LogP contribution < -0.4 is 0 Å². The molecule has 2 rings (SSSR count). The number of carbonyl (C=O) groups is 1. The van der Waals surface area contributed by atoms with Gasteiger partial charge in [0.25, 0.3) is 0 Å². The van der Waals surface area contributed by atoms with Crippen LogP contribution in [-0.4, -0.2) is 13.9 Å². The van der Waals surface area contributed by atoms with Gasteiger partial charge in [-0.2, -0.15) is 0 Å². The standard InChI is InChI=1S/C12H20OSi/c1-14(2,3)11-8-9-6-4-5-7-10(9)12(11)13/h8-10H,4-7H2,1-3H3/t9-,10+/m0/s1. The minimum absolute atomic E-state index is 0.380. The van der Waals surface area contributed by atoms with E-state index in [-0.39, 0.29) is 0 Å². The Morgan fingerprint density at radius 1 is 1.21 bits per heavy atom. The van der Waals surface area contributed by atoms with Crippen molar-refractivity contribution in [2.75, 3.05) is 0 Å². The number of allylic oxidation sites excluding steroid dienone is 2. The summed E-state index contributed by atoms with van der Waals surface area (Å²) in [5, 5.41) is 1.23. The third-order valence-corrected chi connectivity index (χ3v) is 5.64. The zero-order valence-electron chi connectivity index (χ0n) is 9.47. The van der Waals surface area contributed by atoms with Gasteiger partial charge in [-0.15, -0.1) is 0 Å². The zero-order chi connectivity index (χ0) is 10.3. The molecule has 0 spiro atoms. The van der Waals surface area contributed by atoms with Gasteiger partial charge in [0, 0.05) is 5.92 Å². The summed E-state index contributed by atoms with van der Waals surface area (Å²) in [6.07, 6.45) is 7.32. The molecule has 0 aromatic heterocycles. The molecule has 0 aromatic rings. The number of fused-ring (bicyclic) bond motifs is 1. The van der Waals surface area contributed by atoms with E-state index in [1.54, 1.807) is 0 Å².